The second-order valence-electron chi connectivity index (χ2n) is 8.27. The average molecular weight is 364 g/mol. The normalized spacial score (nSPS) is 27.9. The third-order valence-electron chi connectivity index (χ3n) is 4.80. The summed E-state index contributed by atoms with van der Waals surface area (Å²) < 4.78 is 8.65. The fourth-order valence-corrected chi connectivity index (χ4v) is 8.09. The zero-order chi connectivity index (χ0) is 16.3. The molecule has 124 valence electrons. The van der Waals surface area contributed by atoms with E-state index in [0.29, 0.717) is 6.10 Å². The molecule has 1 fully saturated rings. The van der Waals surface area contributed by atoms with Crippen molar-refractivity contribution in [3.05, 3.63) is 30.3 Å². The molecule has 0 radical (unpaired) electrons. The molecule has 0 aliphatic heterocycles. The van der Waals surface area contributed by atoms with Gasteiger partial charge >= 0.3 is 142 Å². The molecule has 0 amide bonds. The van der Waals surface area contributed by atoms with Crippen molar-refractivity contribution in [1.82, 2.24) is 0 Å². The van der Waals surface area contributed by atoms with Crippen LogP contribution in [0.1, 0.15) is 60.8 Å². The van der Waals surface area contributed by atoms with Gasteiger partial charge in [-0.3, -0.25) is 0 Å². The minimum absolute atomic E-state index is 0.260. The van der Waals surface area contributed by atoms with Gasteiger partial charge in [-0.25, -0.2) is 0 Å². The molecule has 1 aliphatic rings. The summed E-state index contributed by atoms with van der Waals surface area (Å²) in [7, 11) is 0. The van der Waals surface area contributed by atoms with E-state index in [1.165, 1.54) is 23.6 Å². The van der Waals surface area contributed by atoms with E-state index in [1.807, 2.05) is 0 Å². The van der Waals surface area contributed by atoms with Crippen LogP contribution < -0.4 is 4.35 Å². The third-order valence-corrected chi connectivity index (χ3v) is 9.98. The van der Waals surface area contributed by atoms with E-state index in [9.17, 15) is 0 Å². The molecule has 1 saturated carbocycles. The predicted molar refractivity (Wildman–Crippen MR) is 97.8 cm³/mol. The standard InChI is InChI=1S/C20H33AsO/c1-15(2)18-13-12-16(3)14-19(18)22-21(20(4,5)6)17-10-8-7-9-11-17/h7-11,15-16,18-19H,12-14H2,1-6H3. The van der Waals surface area contributed by atoms with Crippen molar-refractivity contribution in [2.24, 2.45) is 17.8 Å². The number of rotatable bonds is 4. The van der Waals surface area contributed by atoms with Gasteiger partial charge in [-0.05, 0) is 0 Å². The van der Waals surface area contributed by atoms with Crippen LogP contribution in [0.2, 0.25) is 4.20 Å². The van der Waals surface area contributed by atoms with E-state index in [-0.39, 0.29) is 4.20 Å². The molecule has 22 heavy (non-hydrogen) atoms. The van der Waals surface area contributed by atoms with Gasteiger partial charge in [0.25, 0.3) is 0 Å². The van der Waals surface area contributed by atoms with Crippen molar-refractivity contribution < 1.29 is 3.73 Å². The molecular formula is C20H33AsO. The second kappa shape index (κ2) is 7.54. The fraction of sp³-hybridized carbons (Fsp3) is 0.700. The van der Waals surface area contributed by atoms with E-state index >= 15 is 0 Å². The Morgan fingerprint density at radius 2 is 1.73 bits per heavy atom. The Labute approximate surface area is 142 Å². The average Bonchev–Trinajstić information content (AvgIpc) is 2.44. The first-order chi connectivity index (χ1) is 10.3. The summed E-state index contributed by atoms with van der Waals surface area (Å²) in [5.74, 6) is 2.27. The molecule has 1 aromatic carbocycles. The number of benzene rings is 1. The SMILES string of the molecule is CC1CCC(C(C)C)C(O[As](c2ccccc2)C(C)(C)C)C1. The Morgan fingerprint density at radius 3 is 2.27 bits per heavy atom. The van der Waals surface area contributed by atoms with Crippen LogP contribution in [-0.2, 0) is 3.73 Å². The first-order valence-electron chi connectivity index (χ1n) is 8.81. The van der Waals surface area contributed by atoms with E-state index < -0.39 is 15.0 Å². The molecule has 1 nitrogen and oxygen atoms in total. The van der Waals surface area contributed by atoms with Gasteiger partial charge in [0.1, 0.15) is 0 Å². The van der Waals surface area contributed by atoms with Gasteiger partial charge in [0.05, 0.1) is 0 Å². The first kappa shape index (κ1) is 18.1. The number of hydrogen-bond acceptors (Lipinski definition) is 1. The maximum atomic E-state index is 6.93. The van der Waals surface area contributed by atoms with Gasteiger partial charge < -0.3 is 0 Å². The zero-order valence-corrected chi connectivity index (χ0v) is 17.0. The van der Waals surface area contributed by atoms with Gasteiger partial charge in [-0.1, -0.05) is 0 Å². The molecule has 0 heterocycles. The minimum atomic E-state index is -1.54. The fourth-order valence-electron chi connectivity index (χ4n) is 3.54. The van der Waals surface area contributed by atoms with Crippen molar-refractivity contribution >= 4 is 19.3 Å². The van der Waals surface area contributed by atoms with Gasteiger partial charge in [0, 0.05) is 0 Å². The summed E-state index contributed by atoms with van der Waals surface area (Å²) in [5, 5.41) is 0. The Hall–Kier alpha value is -0.262. The summed E-state index contributed by atoms with van der Waals surface area (Å²) in [6.07, 6.45) is 4.42. The van der Waals surface area contributed by atoms with Crippen LogP contribution in [0.3, 0.4) is 0 Å². The second-order valence-corrected chi connectivity index (χ2v) is 13.8. The van der Waals surface area contributed by atoms with Crippen LogP contribution in [0.5, 0.6) is 0 Å². The topological polar surface area (TPSA) is 9.23 Å². The van der Waals surface area contributed by atoms with E-state index in [2.05, 4.69) is 71.9 Å². The molecule has 0 N–H and O–H groups in total. The Bertz CT molecular complexity index is 449. The van der Waals surface area contributed by atoms with Crippen molar-refractivity contribution in [3.63, 3.8) is 0 Å². The van der Waals surface area contributed by atoms with E-state index in [1.54, 1.807) is 0 Å². The van der Waals surface area contributed by atoms with Crippen LogP contribution in [-0.4, -0.2) is 21.1 Å². The van der Waals surface area contributed by atoms with Crippen molar-refractivity contribution in [3.8, 4) is 0 Å². The van der Waals surface area contributed by atoms with Crippen LogP contribution in [0.25, 0.3) is 0 Å². The Kier molecular flexibility index (Phi) is 6.20. The van der Waals surface area contributed by atoms with Crippen molar-refractivity contribution in [2.75, 3.05) is 0 Å². The molecule has 0 spiro atoms. The summed E-state index contributed by atoms with van der Waals surface area (Å²) in [6, 6.07) is 11.0. The molecule has 0 aromatic heterocycles. The maximum absolute atomic E-state index is 6.93. The third kappa shape index (κ3) is 4.62. The molecule has 2 heteroatoms. The molecule has 1 aromatic rings. The van der Waals surface area contributed by atoms with E-state index in [4.69, 9.17) is 3.73 Å². The summed E-state index contributed by atoms with van der Waals surface area (Å²) in [5.41, 5.74) is 0. The summed E-state index contributed by atoms with van der Waals surface area (Å²) in [6.45, 7) is 14.2. The predicted octanol–water partition coefficient (Wildman–Crippen LogP) is 5.16. The Morgan fingerprint density at radius 1 is 1.09 bits per heavy atom. The molecule has 4 atom stereocenters. The van der Waals surface area contributed by atoms with E-state index in [0.717, 1.165) is 17.8 Å². The molecule has 0 bridgehead atoms. The Balaban J connectivity index is 2.21. The quantitative estimate of drug-likeness (QED) is 0.671. The first-order valence-corrected chi connectivity index (χ1v) is 11.5. The van der Waals surface area contributed by atoms with Crippen molar-refractivity contribution in [1.29, 1.82) is 0 Å². The van der Waals surface area contributed by atoms with Crippen LogP contribution in [0.4, 0.5) is 0 Å². The van der Waals surface area contributed by atoms with Crippen LogP contribution in [0.15, 0.2) is 30.3 Å². The molecule has 1 aliphatic carbocycles. The monoisotopic (exact) mass is 364 g/mol. The van der Waals surface area contributed by atoms with Gasteiger partial charge in [0.2, 0.25) is 0 Å². The van der Waals surface area contributed by atoms with Crippen LogP contribution in [0, 0.1) is 17.8 Å². The molecule has 4 unspecified atom stereocenters. The number of hydrogen-bond donors (Lipinski definition) is 0. The van der Waals surface area contributed by atoms with Crippen LogP contribution >= 0.6 is 0 Å². The molecular weight excluding hydrogens is 331 g/mol. The zero-order valence-electron chi connectivity index (χ0n) is 15.2. The van der Waals surface area contributed by atoms with Gasteiger partial charge in [-0.2, -0.15) is 0 Å². The van der Waals surface area contributed by atoms with Crippen molar-refractivity contribution in [2.45, 2.75) is 71.1 Å². The molecule has 2 rings (SSSR count). The summed E-state index contributed by atoms with van der Waals surface area (Å²) >= 11 is -1.54. The molecule has 0 saturated heterocycles. The summed E-state index contributed by atoms with van der Waals surface area (Å²) in [4.78, 5) is 0. The van der Waals surface area contributed by atoms with Gasteiger partial charge in [-0.15, -0.1) is 0 Å². The van der Waals surface area contributed by atoms with Gasteiger partial charge in [0.15, 0.2) is 0 Å².